The summed E-state index contributed by atoms with van der Waals surface area (Å²) < 4.78 is 17.5. The van der Waals surface area contributed by atoms with Crippen molar-refractivity contribution in [1.82, 2.24) is 0 Å². The molecule has 0 aromatic heterocycles. The average Bonchev–Trinajstić information content (AvgIpc) is 2.63. The van der Waals surface area contributed by atoms with E-state index in [0.29, 0.717) is 0 Å². The summed E-state index contributed by atoms with van der Waals surface area (Å²) >= 11 is 0. The largest absolute Gasteiger partial charge is 0.330 e. The lowest BCUT2D eigenvalue weighted by Crippen LogP contribution is -2.23. The van der Waals surface area contributed by atoms with Gasteiger partial charge in [-0.1, -0.05) is 97.8 Å². The summed E-state index contributed by atoms with van der Waals surface area (Å²) in [4.78, 5) is 0. The van der Waals surface area contributed by atoms with Crippen molar-refractivity contribution in [3.05, 3.63) is 0 Å². The molecule has 0 N–H and O–H groups in total. The van der Waals surface area contributed by atoms with E-state index >= 15 is 0 Å². The van der Waals surface area contributed by atoms with Crippen molar-refractivity contribution in [2.45, 2.75) is 124 Å². The van der Waals surface area contributed by atoms with Gasteiger partial charge in [0.25, 0.3) is 6.48 Å². The summed E-state index contributed by atoms with van der Waals surface area (Å²) in [6.45, 7) is 8.53. The number of unbranched alkanes of at least 4 members (excludes halogenated alkanes) is 12. The van der Waals surface area contributed by atoms with Crippen molar-refractivity contribution in [2.75, 3.05) is 19.8 Å². The van der Waals surface area contributed by atoms with E-state index in [1.807, 2.05) is 0 Å². The molecule has 0 saturated carbocycles. The molecule has 0 heterocycles. The number of rotatable bonds is 21. The van der Waals surface area contributed by atoms with Crippen LogP contribution in [0.4, 0.5) is 0 Å². The van der Waals surface area contributed by atoms with Crippen molar-refractivity contribution in [2.24, 2.45) is 0 Å². The van der Waals surface area contributed by atoms with Crippen LogP contribution >= 0.6 is 0 Å². The van der Waals surface area contributed by atoms with Gasteiger partial charge in [0.2, 0.25) is 0 Å². The summed E-state index contributed by atoms with van der Waals surface area (Å²) in [7, 11) is 0. The second-order valence-electron chi connectivity index (χ2n) is 7.14. The highest BCUT2D eigenvalue weighted by Gasteiger charge is 2.09. The van der Waals surface area contributed by atoms with Crippen molar-refractivity contribution in [3.8, 4) is 0 Å². The van der Waals surface area contributed by atoms with Crippen LogP contribution in [0.15, 0.2) is 0 Å². The first-order valence-corrected chi connectivity index (χ1v) is 11.2. The molecule has 0 aromatic carbocycles. The Labute approximate surface area is 158 Å². The number of hydrogen-bond acceptors (Lipinski definition) is 3. The molecule has 0 aromatic rings. The molecule has 152 valence electrons. The Morgan fingerprint density at radius 3 is 0.960 bits per heavy atom. The van der Waals surface area contributed by atoms with Gasteiger partial charge in [0.05, 0.1) is 19.8 Å². The molecule has 0 aliphatic heterocycles. The minimum Gasteiger partial charge on any atom is -0.330 e. The predicted octanol–water partition coefficient (Wildman–Crippen LogP) is 7.23. The van der Waals surface area contributed by atoms with E-state index < -0.39 is 6.48 Å². The van der Waals surface area contributed by atoms with E-state index in [9.17, 15) is 0 Å². The summed E-state index contributed by atoms with van der Waals surface area (Å²) in [5.74, 6) is 0. The normalized spacial score (nSPS) is 11.5. The zero-order chi connectivity index (χ0) is 18.4. The van der Waals surface area contributed by atoms with Crippen LogP contribution in [0, 0.1) is 0 Å². The molecule has 3 nitrogen and oxygen atoms in total. The highest BCUT2D eigenvalue weighted by Crippen LogP contribution is 2.09. The third-order valence-electron chi connectivity index (χ3n) is 4.51. The second-order valence-corrected chi connectivity index (χ2v) is 7.14. The number of hydrogen-bond donors (Lipinski definition) is 0. The molecule has 0 unspecified atom stereocenters. The molecule has 0 atom stereocenters. The van der Waals surface area contributed by atoms with Gasteiger partial charge >= 0.3 is 0 Å². The predicted molar refractivity (Wildman–Crippen MR) is 108 cm³/mol. The fourth-order valence-corrected chi connectivity index (χ4v) is 2.80. The molecule has 0 fully saturated rings. The molecule has 0 spiro atoms. The van der Waals surface area contributed by atoms with Crippen LogP contribution in [0.1, 0.15) is 117 Å². The van der Waals surface area contributed by atoms with Crippen molar-refractivity contribution < 1.29 is 14.2 Å². The molecule has 0 bridgehead atoms. The van der Waals surface area contributed by atoms with E-state index in [-0.39, 0.29) is 0 Å². The summed E-state index contributed by atoms with van der Waals surface area (Å²) in [5.41, 5.74) is 0. The molecule has 3 heteroatoms. The standard InChI is InChI=1S/C22H46O3/c1-4-7-10-13-16-19-23-22(24-20-17-14-11-8-5-2)25-21-18-15-12-9-6-3/h22H,4-21H2,1-3H3. The lowest BCUT2D eigenvalue weighted by Gasteiger charge is -2.19. The Balaban J connectivity index is 3.76. The molecule has 0 saturated heterocycles. The van der Waals surface area contributed by atoms with Gasteiger partial charge in [0.15, 0.2) is 0 Å². The molecule has 0 amide bonds. The van der Waals surface area contributed by atoms with Gasteiger partial charge in [-0.3, -0.25) is 0 Å². The Morgan fingerprint density at radius 2 is 0.680 bits per heavy atom. The first-order chi connectivity index (χ1) is 12.3. The van der Waals surface area contributed by atoms with Crippen LogP contribution in [-0.4, -0.2) is 26.3 Å². The van der Waals surface area contributed by atoms with Crippen LogP contribution in [-0.2, 0) is 14.2 Å². The van der Waals surface area contributed by atoms with E-state index in [2.05, 4.69) is 20.8 Å². The lowest BCUT2D eigenvalue weighted by molar-refractivity contribution is -0.288. The fraction of sp³-hybridized carbons (Fsp3) is 1.00. The number of ether oxygens (including phenoxy) is 3. The Bertz CT molecular complexity index is 195. The van der Waals surface area contributed by atoms with Gasteiger partial charge < -0.3 is 14.2 Å². The molecule has 0 rings (SSSR count). The highest BCUT2D eigenvalue weighted by atomic mass is 16.8. The van der Waals surface area contributed by atoms with Crippen molar-refractivity contribution >= 4 is 0 Å². The summed E-state index contributed by atoms with van der Waals surface area (Å²) in [6.07, 6.45) is 18.8. The smallest absolute Gasteiger partial charge is 0.271 e. The molecule has 0 aliphatic rings. The average molecular weight is 359 g/mol. The molecule has 0 aliphatic carbocycles. The quantitative estimate of drug-likeness (QED) is 0.160. The third kappa shape index (κ3) is 20.0. The zero-order valence-electron chi connectivity index (χ0n) is 17.5. The maximum absolute atomic E-state index is 5.83. The molecule has 0 radical (unpaired) electrons. The molecular formula is C22H46O3. The molecule has 25 heavy (non-hydrogen) atoms. The van der Waals surface area contributed by atoms with Crippen LogP contribution in [0.5, 0.6) is 0 Å². The Morgan fingerprint density at radius 1 is 0.400 bits per heavy atom. The monoisotopic (exact) mass is 358 g/mol. The van der Waals surface area contributed by atoms with Gasteiger partial charge in [-0.15, -0.1) is 0 Å². The van der Waals surface area contributed by atoms with E-state index in [1.54, 1.807) is 0 Å². The topological polar surface area (TPSA) is 27.7 Å². The Hall–Kier alpha value is -0.120. The zero-order valence-corrected chi connectivity index (χ0v) is 17.5. The fourth-order valence-electron chi connectivity index (χ4n) is 2.80. The van der Waals surface area contributed by atoms with Gasteiger partial charge in [-0.05, 0) is 19.3 Å². The van der Waals surface area contributed by atoms with Crippen LogP contribution in [0.25, 0.3) is 0 Å². The highest BCUT2D eigenvalue weighted by molar-refractivity contribution is 4.45. The van der Waals surface area contributed by atoms with Crippen LogP contribution < -0.4 is 0 Å². The SMILES string of the molecule is CCCCCCCOC(OCCCCCCC)OCCCCCCC. The lowest BCUT2D eigenvalue weighted by atomic mass is 10.2. The third-order valence-corrected chi connectivity index (χ3v) is 4.51. The van der Waals surface area contributed by atoms with E-state index in [1.165, 1.54) is 77.0 Å². The summed E-state index contributed by atoms with van der Waals surface area (Å²) in [6, 6.07) is 0. The maximum atomic E-state index is 5.83. The van der Waals surface area contributed by atoms with E-state index in [4.69, 9.17) is 14.2 Å². The molecular weight excluding hydrogens is 312 g/mol. The van der Waals surface area contributed by atoms with Gasteiger partial charge in [0.1, 0.15) is 0 Å². The Kier molecular flexibility index (Phi) is 21.8. The van der Waals surface area contributed by atoms with E-state index in [0.717, 1.165) is 39.1 Å². The van der Waals surface area contributed by atoms with Crippen LogP contribution in [0.2, 0.25) is 0 Å². The first kappa shape index (κ1) is 24.9. The van der Waals surface area contributed by atoms with Gasteiger partial charge in [-0.25, -0.2) is 0 Å². The minimum atomic E-state index is -0.455. The van der Waals surface area contributed by atoms with Gasteiger partial charge in [-0.2, -0.15) is 0 Å². The van der Waals surface area contributed by atoms with Crippen molar-refractivity contribution in [3.63, 3.8) is 0 Å². The maximum Gasteiger partial charge on any atom is 0.271 e. The second kappa shape index (κ2) is 21.9. The van der Waals surface area contributed by atoms with Crippen LogP contribution in [0.3, 0.4) is 0 Å². The summed E-state index contributed by atoms with van der Waals surface area (Å²) in [5, 5.41) is 0. The first-order valence-electron chi connectivity index (χ1n) is 11.2. The minimum absolute atomic E-state index is 0.455. The van der Waals surface area contributed by atoms with Gasteiger partial charge in [0, 0.05) is 0 Å². The van der Waals surface area contributed by atoms with Crippen molar-refractivity contribution in [1.29, 1.82) is 0 Å².